The van der Waals surface area contributed by atoms with E-state index >= 15 is 0 Å². The van der Waals surface area contributed by atoms with Gasteiger partial charge in [-0.3, -0.25) is 9.78 Å². The molecule has 0 aliphatic rings. The van der Waals surface area contributed by atoms with Crippen LogP contribution in [0.25, 0.3) is 0 Å². The number of carbonyl (C=O) groups excluding carboxylic acids is 1. The second kappa shape index (κ2) is 9.85. The molecule has 0 aromatic carbocycles. The summed E-state index contributed by atoms with van der Waals surface area (Å²) in [5, 5.41) is 2.46. The number of hydrogen-bond donors (Lipinski definition) is 3. The third-order valence-electron chi connectivity index (χ3n) is 2.93. The molecule has 27 heavy (non-hydrogen) atoms. The van der Waals surface area contributed by atoms with E-state index in [-0.39, 0.29) is 17.2 Å². The highest BCUT2D eigenvalue weighted by molar-refractivity contribution is 6.00. The first-order valence-electron chi connectivity index (χ1n) is 7.44. The van der Waals surface area contributed by atoms with E-state index < -0.39 is 23.7 Å². The highest BCUT2D eigenvalue weighted by Gasteiger charge is 2.31. The largest absolute Gasteiger partial charge is 0.417 e. The fourth-order valence-corrected chi connectivity index (χ4v) is 1.72. The van der Waals surface area contributed by atoms with Gasteiger partial charge in [0.1, 0.15) is 5.82 Å². The Hall–Kier alpha value is -3.50. The van der Waals surface area contributed by atoms with Crippen LogP contribution < -0.4 is 16.8 Å². The molecule has 1 unspecified atom stereocenters. The highest BCUT2D eigenvalue weighted by atomic mass is 19.4. The zero-order valence-electron chi connectivity index (χ0n) is 14.3. The van der Waals surface area contributed by atoms with Crippen molar-refractivity contribution in [3.63, 3.8) is 0 Å². The monoisotopic (exact) mass is 381 g/mol. The minimum atomic E-state index is -4.61. The van der Waals surface area contributed by atoms with E-state index in [4.69, 9.17) is 11.5 Å². The van der Waals surface area contributed by atoms with Crippen molar-refractivity contribution in [3.8, 4) is 0 Å². The number of aliphatic imine (C=N–C) groups is 3. The Morgan fingerprint density at radius 1 is 1.33 bits per heavy atom. The molecule has 144 valence electrons. The van der Waals surface area contributed by atoms with Gasteiger partial charge in [-0.2, -0.15) is 13.2 Å². The van der Waals surface area contributed by atoms with Gasteiger partial charge in [-0.25, -0.2) is 15.0 Å². The van der Waals surface area contributed by atoms with E-state index in [1.54, 1.807) is 0 Å². The Bertz CT molecular complexity index is 797. The molecule has 1 atom stereocenters. The number of aromatic nitrogens is 1. The van der Waals surface area contributed by atoms with Gasteiger partial charge in [-0.15, -0.1) is 0 Å². The second-order valence-corrected chi connectivity index (χ2v) is 4.98. The zero-order chi connectivity index (χ0) is 20.4. The van der Waals surface area contributed by atoms with Crippen molar-refractivity contribution in [1.29, 1.82) is 0 Å². The van der Waals surface area contributed by atoms with Gasteiger partial charge in [-0.05, 0) is 25.3 Å². The van der Waals surface area contributed by atoms with Crippen molar-refractivity contribution < 1.29 is 18.0 Å². The van der Waals surface area contributed by atoms with E-state index in [0.717, 1.165) is 12.5 Å². The summed E-state index contributed by atoms with van der Waals surface area (Å²) in [6.07, 6.45) is 2.02. The van der Waals surface area contributed by atoms with Crippen molar-refractivity contribution in [2.75, 3.05) is 0 Å². The van der Waals surface area contributed by atoms with E-state index in [1.165, 1.54) is 25.4 Å². The van der Waals surface area contributed by atoms with Crippen molar-refractivity contribution in [2.24, 2.45) is 26.4 Å². The number of nitrogens with two attached hydrogens (primary N) is 2. The number of carbonyl (C=O) groups is 1. The summed E-state index contributed by atoms with van der Waals surface area (Å²) in [4.78, 5) is 27.3. The number of alkyl halides is 3. The van der Waals surface area contributed by atoms with Crippen LogP contribution in [-0.4, -0.2) is 35.3 Å². The molecule has 1 aromatic heterocycles. The van der Waals surface area contributed by atoms with Gasteiger partial charge in [0.2, 0.25) is 0 Å². The third kappa shape index (κ3) is 7.10. The molecule has 1 amide bonds. The van der Waals surface area contributed by atoms with Crippen LogP contribution in [0.1, 0.15) is 22.8 Å². The number of hydrogen-bond acceptors (Lipinski definition) is 5. The third-order valence-corrected chi connectivity index (χ3v) is 2.93. The van der Waals surface area contributed by atoms with Gasteiger partial charge in [0.05, 0.1) is 23.5 Å². The molecule has 0 saturated heterocycles. The molecule has 0 fully saturated rings. The molecule has 0 aliphatic carbocycles. The molecule has 0 bridgehead atoms. The van der Waals surface area contributed by atoms with E-state index in [0.29, 0.717) is 12.3 Å². The maximum absolute atomic E-state index is 12.7. The Labute approximate surface area is 153 Å². The SMILES string of the molecule is C=C(N=C/C=C\N)N=C(N=CN)C(C)NC(=O)c1cncc(C(F)(F)F)c1. The average molecular weight is 381 g/mol. The van der Waals surface area contributed by atoms with E-state index in [9.17, 15) is 18.0 Å². The van der Waals surface area contributed by atoms with Crippen LogP contribution >= 0.6 is 0 Å². The molecule has 0 aliphatic heterocycles. The lowest BCUT2D eigenvalue weighted by molar-refractivity contribution is -0.137. The molecular formula is C16H18F3N7O. The lowest BCUT2D eigenvalue weighted by atomic mass is 10.2. The summed E-state index contributed by atoms with van der Waals surface area (Å²) in [6.45, 7) is 5.10. The molecular weight excluding hydrogens is 363 g/mol. The number of amides is 1. The quantitative estimate of drug-likeness (QED) is 0.510. The Morgan fingerprint density at radius 3 is 2.63 bits per heavy atom. The molecule has 0 saturated carbocycles. The number of pyridine rings is 1. The number of rotatable bonds is 6. The molecule has 1 rings (SSSR count). The van der Waals surface area contributed by atoms with Gasteiger partial charge < -0.3 is 16.8 Å². The summed E-state index contributed by atoms with van der Waals surface area (Å²) in [5.41, 5.74) is 9.12. The summed E-state index contributed by atoms with van der Waals surface area (Å²) < 4.78 is 38.2. The Balaban J connectivity index is 2.97. The summed E-state index contributed by atoms with van der Waals surface area (Å²) in [5.74, 6) is -0.693. The van der Waals surface area contributed by atoms with Crippen LogP contribution in [0.15, 0.2) is 58.1 Å². The first kappa shape index (κ1) is 21.5. The van der Waals surface area contributed by atoms with Crippen LogP contribution in [0.4, 0.5) is 13.2 Å². The maximum atomic E-state index is 12.7. The molecule has 1 heterocycles. The fraction of sp³-hybridized carbons (Fsp3) is 0.188. The van der Waals surface area contributed by atoms with E-state index in [1.807, 2.05) is 0 Å². The molecule has 0 radical (unpaired) electrons. The lowest BCUT2D eigenvalue weighted by Gasteiger charge is -2.14. The topological polar surface area (TPSA) is 131 Å². The number of amidine groups is 1. The Morgan fingerprint density at radius 2 is 2.04 bits per heavy atom. The van der Waals surface area contributed by atoms with E-state index in [2.05, 4.69) is 31.9 Å². The summed E-state index contributed by atoms with van der Waals surface area (Å²) in [7, 11) is 0. The van der Waals surface area contributed by atoms with Crippen molar-refractivity contribution in [2.45, 2.75) is 19.1 Å². The van der Waals surface area contributed by atoms with Gasteiger partial charge in [0, 0.05) is 18.6 Å². The minimum absolute atomic E-state index is 0.0460. The van der Waals surface area contributed by atoms with Crippen LogP contribution in [0.5, 0.6) is 0 Å². The molecule has 8 nitrogen and oxygen atoms in total. The first-order valence-corrected chi connectivity index (χ1v) is 7.44. The minimum Gasteiger partial charge on any atom is -0.405 e. The number of nitrogens with one attached hydrogen (secondary N) is 1. The molecule has 0 spiro atoms. The van der Waals surface area contributed by atoms with Gasteiger partial charge in [-0.1, -0.05) is 6.58 Å². The smallest absolute Gasteiger partial charge is 0.405 e. The summed E-state index contributed by atoms with van der Waals surface area (Å²) in [6, 6.07) is -0.107. The second-order valence-electron chi connectivity index (χ2n) is 4.98. The number of nitrogens with zero attached hydrogens (tertiary/aromatic N) is 4. The van der Waals surface area contributed by atoms with Crippen LogP contribution in [0.3, 0.4) is 0 Å². The van der Waals surface area contributed by atoms with Crippen LogP contribution in [-0.2, 0) is 6.18 Å². The van der Waals surface area contributed by atoms with Gasteiger partial charge in [0.15, 0.2) is 5.84 Å². The predicted octanol–water partition coefficient (Wildman–Crippen LogP) is 1.62. The first-order chi connectivity index (χ1) is 12.7. The van der Waals surface area contributed by atoms with Crippen molar-refractivity contribution in [1.82, 2.24) is 10.3 Å². The number of halogens is 3. The number of allylic oxidation sites excluding steroid dienone is 1. The van der Waals surface area contributed by atoms with Crippen LogP contribution in [0, 0.1) is 0 Å². The van der Waals surface area contributed by atoms with Crippen molar-refractivity contribution in [3.05, 3.63) is 54.3 Å². The van der Waals surface area contributed by atoms with Crippen molar-refractivity contribution >= 4 is 24.3 Å². The molecule has 5 N–H and O–H groups in total. The zero-order valence-corrected chi connectivity index (χ0v) is 14.3. The van der Waals surface area contributed by atoms with Crippen LogP contribution in [0.2, 0.25) is 0 Å². The van der Waals surface area contributed by atoms with Gasteiger partial charge >= 0.3 is 6.18 Å². The summed E-state index contributed by atoms with van der Waals surface area (Å²) >= 11 is 0. The standard InChI is InChI=1S/C16H18F3N7O/c1-10(14(24-9-21)26-11(2)23-5-3-4-20)25-15(27)12-6-13(8-22-7-12)16(17,18)19/h3-10H,2,20H2,1H3,(H,25,27)(H2,21,24,26)/b4-3-,23-5?. The Kier molecular flexibility index (Phi) is 7.86. The highest BCUT2D eigenvalue weighted by Crippen LogP contribution is 2.28. The maximum Gasteiger partial charge on any atom is 0.417 e. The fourth-order valence-electron chi connectivity index (χ4n) is 1.72. The average Bonchev–Trinajstić information content (AvgIpc) is 2.61. The molecule has 1 aromatic rings. The molecule has 11 heteroatoms. The lowest BCUT2D eigenvalue weighted by Crippen LogP contribution is -2.38. The van der Waals surface area contributed by atoms with Gasteiger partial charge in [0.25, 0.3) is 5.91 Å². The predicted molar refractivity (Wildman–Crippen MR) is 97.2 cm³/mol. The normalized spacial score (nSPS) is 14.1.